The summed E-state index contributed by atoms with van der Waals surface area (Å²) in [7, 11) is 1.67. The van der Waals surface area contributed by atoms with Gasteiger partial charge < -0.3 is 19.1 Å². The molecule has 36 heavy (non-hydrogen) atoms. The number of halogens is 3. The van der Waals surface area contributed by atoms with Gasteiger partial charge >= 0.3 is 12.1 Å². The smallest absolute Gasteiger partial charge is 0.416 e. The maximum atomic E-state index is 13.8. The van der Waals surface area contributed by atoms with Crippen molar-refractivity contribution in [2.24, 2.45) is 0 Å². The summed E-state index contributed by atoms with van der Waals surface area (Å²) < 4.78 is 56.7. The average Bonchev–Trinajstić information content (AvgIpc) is 3.11. The predicted molar refractivity (Wildman–Crippen MR) is 123 cm³/mol. The van der Waals surface area contributed by atoms with E-state index in [9.17, 15) is 22.8 Å². The number of nitrogens with zero attached hydrogens (tertiary/aromatic N) is 2. The highest BCUT2D eigenvalue weighted by Gasteiger charge is 2.52. The molecule has 1 amide bonds. The number of carbonyl (C=O) groups excluding carboxylic acids is 2. The summed E-state index contributed by atoms with van der Waals surface area (Å²) in [5.74, 6) is -0.819. The Kier molecular flexibility index (Phi) is 6.63. The van der Waals surface area contributed by atoms with Crippen molar-refractivity contribution in [2.45, 2.75) is 63.1 Å². The maximum absolute atomic E-state index is 13.8. The minimum absolute atomic E-state index is 0.0349. The molecule has 4 aliphatic heterocycles. The molecular weight excluding hydrogens is 477 g/mol. The number of piperidine rings is 1. The molecule has 0 bridgehead atoms. The van der Waals surface area contributed by atoms with Crippen LogP contribution in [0, 0.1) is 0 Å². The summed E-state index contributed by atoms with van der Waals surface area (Å²) in [4.78, 5) is 30.3. The van der Waals surface area contributed by atoms with E-state index in [1.54, 1.807) is 18.9 Å². The Morgan fingerprint density at radius 3 is 2.61 bits per heavy atom. The van der Waals surface area contributed by atoms with Crippen LogP contribution in [0.1, 0.15) is 42.9 Å². The number of alkyl halides is 3. The maximum Gasteiger partial charge on any atom is 0.416 e. The fourth-order valence-electron chi connectivity index (χ4n) is 6.08. The van der Waals surface area contributed by atoms with Gasteiger partial charge in [-0.15, -0.1) is 0 Å². The van der Waals surface area contributed by atoms with E-state index in [1.807, 2.05) is 0 Å². The predicted octanol–water partition coefficient (Wildman–Crippen LogP) is 3.10. The monoisotopic (exact) mass is 508 g/mol. The molecule has 0 radical (unpaired) electrons. The third kappa shape index (κ3) is 4.43. The summed E-state index contributed by atoms with van der Waals surface area (Å²) in [5.41, 5.74) is 0.223. The van der Waals surface area contributed by atoms with Gasteiger partial charge in [-0.05, 0) is 43.0 Å². The summed E-state index contributed by atoms with van der Waals surface area (Å²) in [6, 6.07) is 3.90. The van der Waals surface area contributed by atoms with Crippen LogP contribution in [0.15, 0.2) is 29.3 Å². The Hall–Kier alpha value is -2.43. The third-order valence-corrected chi connectivity index (χ3v) is 8.12. The van der Waals surface area contributed by atoms with Crippen LogP contribution in [0.2, 0.25) is 0 Å². The lowest BCUT2D eigenvalue weighted by Gasteiger charge is -2.46. The summed E-state index contributed by atoms with van der Waals surface area (Å²) in [6.45, 7) is 4.53. The van der Waals surface area contributed by atoms with Gasteiger partial charge in [0.15, 0.2) is 0 Å². The lowest BCUT2D eigenvalue weighted by molar-refractivity contribution is -0.154. The first-order valence-electron chi connectivity index (χ1n) is 12.4. The van der Waals surface area contributed by atoms with Crippen molar-refractivity contribution in [1.29, 1.82) is 0 Å². The van der Waals surface area contributed by atoms with Gasteiger partial charge in [0.2, 0.25) is 0 Å². The highest BCUT2D eigenvalue weighted by Crippen LogP contribution is 2.43. The van der Waals surface area contributed by atoms with Gasteiger partial charge in [-0.2, -0.15) is 13.2 Å². The summed E-state index contributed by atoms with van der Waals surface area (Å²) >= 11 is 0. The number of likely N-dealkylation sites (tertiary alicyclic amines) is 1. The number of benzene rings is 1. The second-order valence-electron chi connectivity index (χ2n) is 10.1. The third-order valence-electron chi connectivity index (χ3n) is 8.12. The molecule has 4 aliphatic rings. The Labute approximate surface area is 208 Å². The molecule has 1 aromatic carbocycles. The number of carbonyl (C=O) groups is 2. The molecule has 0 aromatic heterocycles. The fourth-order valence-corrected chi connectivity index (χ4v) is 6.08. The zero-order valence-electron chi connectivity index (χ0n) is 20.5. The summed E-state index contributed by atoms with van der Waals surface area (Å²) in [6.07, 6.45) is -2.22. The van der Waals surface area contributed by atoms with Crippen molar-refractivity contribution in [3.63, 3.8) is 0 Å². The zero-order chi connectivity index (χ0) is 25.7. The van der Waals surface area contributed by atoms with Crippen molar-refractivity contribution in [1.82, 2.24) is 9.80 Å². The minimum Gasteiger partial charge on any atom is -0.450 e. The van der Waals surface area contributed by atoms with Crippen molar-refractivity contribution in [2.75, 3.05) is 40.0 Å². The number of ether oxygens (including phenoxy) is 3. The van der Waals surface area contributed by atoms with Crippen LogP contribution in [0.4, 0.5) is 13.2 Å². The first-order chi connectivity index (χ1) is 17.1. The zero-order valence-corrected chi connectivity index (χ0v) is 20.5. The van der Waals surface area contributed by atoms with E-state index < -0.39 is 23.3 Å². The lowest BCUT2D eigenvalue weighted by atomic mass is 9.81. The van der Waals surface area contributed by atoms with Crippen LogP contribution >= 0.6 is 0 Å². The largest absolute Gasteiger partial charge is 0.450 e. The molecule has 1 spiro atoms. The number of hydrogen-bond donors (Lipinski definition) is 0. The van der Waals surface area contributed by atoms with Crippen LogP contribution in [-0.2, 0) is 42.9 Å². The summed E-state index contributed by atoms with van der Waals surface area (Å²) in [5, 5.41) is 0. The van der Waals surface area contributed by atoms with Gasteiger partial charge in [0, 0.05) is 64.4 Å². The van der Waals surface area contributed by atoms with E-state index in [-0.39, 0.29) is 24.6 Å². The first kappa shape index (κ1) is 25.2. The van der Waals surface area contributed by atoms with Gasteiger partial charge in [0.05, 0.1) is 23.8 Å². The number of fused-ring (bicyclic) bond motifs is 1. The van der Waals surface area contributed by atoms with Crippen LogP contribution in [-0.4, -0.2) is 79.4 Å². The average molecular weight is 509 g/mol. The number of methoxy groups -OCH3 is 1. The quantitative estimate of drug-likeness (QED) is 0.585. The molecule has 1 aromatic rings. The SMILES string of the molecule is CO[C@H]1COCCC1N1CCC2(CC1)OC(=O)C(C)=C2C(=O)N1CCc2ccc(C(F)(F)F)cc2C1. The molecule has 2 saturated heterocycles. The van der Waals surface area contributed by atoms with E-state index in [1.165, 1.54) is 6.07 Å². The topological polar surface area (TPSA) is 68.3 Å². The fraction of sp³-hybridized carbons (Fsp3) is 0.615. The molecule has 4 heterocycles. The van der Waals surface area contributed by atoms with Gasteiger partial charge in [0.25, 0.3) is 5.91 Å². The van der Waals surface area contributed by atoms with Crippen LogP contribution in [0.5, 0.6) is 0 Å². The Morgan fingerprint density at radius 2 is 1.92 bits per heavy atom. The Morgan fingerprint density at radius 1 is 1.17 bits per heavy atom. The Balaban J connectivity index is 1.34. The highest BCUT2D eigenvalue weighted by molar-refractivity contribution is 6.07. The number of hydrogen-bond acceptors (Lipinski definition) is 6. The number of amides is 1. The van der Waals surface area contributed by atoms with E-state index >= 15 is 0 Å². The van der Waals surface area contributed by atoms with Gasteiger partial charge in [-0.1, -0.05) is 6.07 Å². The molecule has 196 valence electrons. The number of esters is 1. The molecule has 5 rings (SSSR count). The molecule has 0 N–H and O–H groups in total. The van der Waals surface area contributed by atoms with Crippen molar-refractivity contribution in [3.8, 4) is 0 Å². The van der Waals surface area contributed by atoms with Crippen molar-refractivity contribution >= 4 is 11.9 Å². The van der Waals surface area contributed by atoms with Crippen LogP contribution in [0.25, 0.3) is 0 Å². The molecule has 10 heteroatoms. The number of rotatable bonds is 3. The molecular formula is C26H31F3N2O5. The van der Waals surface area contributed by atoms with E-state index in [4.69, 9.17) is 14.2 Å². The van der Waals surface area contributed by atoms with E-state index in [0.29, 0.717) is 68.8 Å². The van der Waals surface area contributed by atoms with Crippen molar-refractivity contribution < 1.29 is 37.0 Å². The second-order valence-corrected chi connectivity index (χ2v) is 10.1. The van der Waals surface area contributed by atoms with Gasteiger partial charge in [0.1, 0.15) is 5.60 Å². The molecule has 7 nitrogen and oxygen atoms in total. The molecule has 2 fully saturated rings. The van der Waals surface area contributed by atoms with E-state index in [0.717, 1.165) is 24.1 Å². The van der Waals surface area contributed by atoms with Crippen LogP contribution in [0.3, 0.4) is 0 Å². The standard InChI is InChI=1S/C26H31F3N2O5/c1-16-22(23(32)31-9-5-17-3-4-19(26(27,28)29)13-18(17)14-31)25(36-24(16)33)7-10-30(11-8-25)20-6-12-35-15-21(20)34-2/h3-4,13,20-21H,5-12,14-15H2,1-2H3/t20?,21-/m0/s1. The molecule has 2 atom stereocenters. The highest BCUT2D eigenvalue weighted by atomic mass is 19.4. The van der Waals surface area contributed by atoms with Gasteiger partial charge in [-0.3, -0.25) is 9.69 Å². The van der Waals surface area contributed by atoms with Crippen molar-refractivity contribution in [3.05, 3.63) is 46.0 Å². The molecule has 1 unspecified atom stereocenters. The molecule has 0 saturated carbocycles. The lowest BCUT2D eigenvalue weighted by Crippen LogP contribution is -2.56. The second kappa shape index (κ2) is 9.46. The van der Waals surface area contributed by atoms with E-state index in [2.05, 4.69) is 4.90 Å². The first-order valence-corrected chi connectivity index (χ1v) is 12.4. The minimum atomic E-state index is -4.45. The van der Waals surface area contributed by atoms with Crippen LogP contribution < -0.4 is 0 Å². The Bertz CT molecular complexity index is 1080. The normalized spacial score (nSPS) is 26.8. The van der Waals surface area contributed by atoms with Gasteiger partial charge in [-0.25, -0.2) is 4.79 Å². The molecule has 0 aliphatic carbocycles.